The Morgan fingerprint density at radius 1 is 0.958 bits per heavy atom. The molecule has 0 radical (unpaired) electrons. The number of nitrogens with one attached hydrogen (secondary N) is 1. The fourth-order valence-corrected chi connectivity index (χ4v) is 2.58. The molecule has 2 N–H and O–H groups in total. The van der Waals surface area contributed by atoms with Crippen LogP contribution in [0.2, 0.25) is 0 Å². The Balaban J connectivity index is 2.26. The van der Waals surface area contributed by atoms with E-state index in [0.717, 1.165) is 6.07 Å². The van der Waals surface area contributed by atoms with Crippen LogP contribution in [-0.4, -0.2) is 12.2 Å². The van der Waals surface area contributed by atoms with Gasteiger partial charge in [-0.3, -0.25) is 0 Å². The van der Waals surface area contributed by atoms with Crippen LogP contribution >= 0.6 is 0 Å². The van der Waals surface area contributed by atoms with Gasteiger partial charge in [-0.1, -0.05) is 48.5 Å². The highest BCUT2D eigenvalue weighted by molar-refractivity contribution is 5.88. The van der Waals surface area contributed by atoms with Crippen LogP contribution in [0, 0.1) is 0 Å². The zero-order valence-electron chi connectivity index (χ0n) is 12.7. The molecule has 0 spiro atoms. The van der Waals surface area contributed by atoms with E-state index in [4.69, 9.17) is 4.42 Å². The van der Waals surface area contributed by atoms with Crippen molar-refractivity contribution in [1.29, 1.82) is 0 Å². The Morgan fingerprint density at radius 2 is 1.58 bits per heavy atom. The van der Waals surface area contributed by atoms with Crippen LogP contribution in [-0.2, 0) is 6.18 Å². The molecule has 6 heteroatoms. The highest BCUT2D eigenvalue weighted by atomic mass is 19.4. The first-order valence-electron chi connectivity index (χ1n) is 7.19. The normalized spacial score (nSPS) is 11.5. The molecular formula is C18H14F3NO2. The number of furan rings is 1. The highest BCUT2D eigenvalue weighted by Crippen LogP contribution is 2.49. The molecule has 0 atom stereocenters. The standard InChI is InChI=1S/C18H14F3NO2/c1-22-17-14(12-9-5-6-10-13(12)18(19,20)21)15(23)16(24-17)11-7-3-2-4-8-11/h2-10,22-23H,1H3. The fourth-order valence-electron chi connectivity index (χ4n) is 2.58. The SMILES string of the molecule is CNc1oc(-c2ccccc2)c(O)c1-c1ccccc1C(F)(F)F. The van der Waals surface area contributed by atoms with Crippen molar-refractivity contribution in [2.24, 2.45) is 0 Å². The van der Waals surface area contributed by atoms with Crippen LogP contribution < -0.4 is 5.32 Å². The van der Waals surface area contributed by atoms with Crippen molar-refractivity contribution in [3.05, 3.63) is 60.2 Å². The number of aromatic hydroxyl groups is 1. The monoisotopic (exact) mass is 333 g/mol. The molecule has 24 heavy (non-hydrogen) atoms. The number of alkyl halides is 3. The lowest BCUT2D eigenvalue weighted by Gasteiger charge is -2.12. The number of rotatable bonds is 3. The van der Waals surface area contributed by atoms with Crippen molar-refractivity contribution in [3.63, 3.8) is 0 Å². The maximum atomic E-state index is 13.3. The lowest BCUT2D eigenvalue weighted by Crippen LogP contribution is -2.07. The van der Waals surface area contributed by atoms with Gasteiger partial charge in [0.05, 0.1) is 11.1 Å². The summed E-state index contributed by atoms with van der Waals surface area (Å²) in [6.07, 6.45) is -4.54. The minimum atomic E-state index is -4.54. The van der Waals surface area contributed by atoms with Gasteiger partial charge in [0.1, 0.15) is 0 Å². The molecule has 0 bridgehead atoms. The molecule has 2 aromatic carbocycles. The molecule has 3 aromatic rings. The summed E-state index contributed by atoms with van der Waals surface area (Å²) < 4.78 is 45.5. The smallest absolute Gasteiger partial charge is 0.417 e. The van der Waals surface area contributed by atoms with Gasteiger partial charge in [-0.05, 0) is 6.07 Å². The minimum absolute atomic E-state index is 0.00993. The van der Waals surface area contributed by atoms with Gasteiger partial charge in [0, 0.05) is 18.2 Å². The van der Waals surface area contributed by atoms with Gasteiger partial charge < -0.3 is 14.8 Å². The van der Waals surface area contributed by atoms with E-state index in [0.29, 0.717) is 5.56 Å². The summed E-state index contributed by atoms with van der Waals surface area (Å²) in [6, 6.07) is 13.8. The van der Waals surface area contributed by atoms with Crippen molar-refractivity contribution < 1.29 is 22.7 Å². The number of hydrogen-bond donors (Lipinski definition) is 2. The Labute approximate surface area is 136 Å². The van der Waals surface area contributed by atoms with Crippen molar-refractivity contribution >= 4 is 5.88 Å². The van der Waals surface area contributed by atoms with Crippen molar-refractivity contribution in [2.45, 2.75) is 6.18 Å². The lowest BCUT2D eigenvalue weighted by atomic mass is 9.99. The molecule has 0 amide bonds. The molecular weight excluding hydrogens is 319 g/mol. The predicted octanol–water partition coefficient (Wildman–Crippen LogP) is 5.38. The Bertz CT molecular complexity index is 854. The quantitative estimate of drug-likeness (QED) is 0.676. The summed E-state index contributed by atoms with van der Waals surface area (Å²) in [5.74, 6) is -0.141. The number of anilines is 1. The van der Waals surface area contributed by atoms with Gasteiger partial charge in [-0.15, -0.1) is 0 Å². The second-order valence-electron chi connectivity index (χ2n) is 5.14. The average Bonchev–Trinajstić information content (AvgIpc) is 2.91. The van der Waals surface area contributed by atoms with Crippen molar-refractivity contribution in [3.8, 4) is 28.2 Å². The fraction of sp³-hybridized carbons (Fsp3) is 0.111. The molecule has 1 aromatic heterocycles. The van der Waals surface area contributed by atoms with E-state index < -0.39 is 11.7 Å². The highest BCUT2D eigenvalue weighted by Gasteiger charge is 2.36. The van der Waals surface area contributed by atoms with Crippen LogP contribution in [0.5, 0.6) is 5.75 Å². The van der Waals surface area contributed by atoms with E-state index in [1.807, 2.05) is 0 Å². The van der Waals surface area contributed by atoms with E-state index >= 15 is 0 Å². The van der Waals surface area contributed by atoms with E-state index in [1.165, 1.54) is 25.2 Å². The van der Waals surface area contributed by atoms with Gasteiger partial charge in [0.2, 0.25) is 5.88 Å². The summed E-state index contributed by atoms with van der Waals surface area (Å²) >= 11 is 0. The lowest BCUT2D eigenvalue weighted by molar-refractivity contribution is -0.137. The van der Waals surface area contributed by atoms with Crippen LogP contribution in [0.3, 0.4) is 0 Å². The van der Waals surface area contributed by atoms with Crippen LogP contribution in [0.15, 0.2) is 59.0 Å². The van der Waals surface area contributed by atoms with Crippen molar-refractivity contribution in [2.75, 3.05) is 12.4 Å². The van der Waals surface area contributed by atoms with E-state index in [-0.39, 0.29) is 28.5 Å². The maximum absolute atomic E-state index is 13.3. The molecule has 0 unspecified atom stereocenters. The molecule has 0 aliphatic rings. The van der Waals surface area contributed by atoms with Gasteiger partial charge in [-0.25, -0.2) is 0 Å². The zero-order chi connectivity index (χ0) is 17.3. The molecule has 0 saturated carbocycles. The third kappa shape index (κ3) is 2.71. The summed E-state index contributed by atoms with van der Waals surface area (Å²) in [5, 5.41) is 13.2. The predicted molar refractivity (Wildman–Crippen MR) is 85.8 cm³/mol. The minimum Gasteiger partial charge on any atom is -0.504 e. The van der Waals surface area contributed by atoms with Gasteiger partial charge in [0.15, 0.2) is 11.5 Å². The van der Waals surface area contributed by atoms with Crippen molar-refractivity contribution in [1.82, 2.24) is 0 Å². The molecule has 1 heterocycles. The number of hydrogen-bond acceptors (Lipinski definition) is 3. The van der Waals surface area contributed by atoms with E-state index in [2.05, 4.69) is 5.32 Å². The largest absolute Gasteiger partial charge is 0.504 e. The third-order valence-corrected chi connectivity index (χ3v) is 3.65. The average molecular weight is 333 g/mol. The summed E-state index contributed by atoms with van der Waals surface area (Å²) in [7, 11) is 1.52. The second kappa shape index (κ2) is 5.96. The summed E-state index contributed by atoms with van der Waals surface area (Å²) in [4.78, 5) is 0. The van der Waals surface area contributed by atoms with Gasteiger partial charge >= 0.3 is 6.18 Å². The van der Waals surface area contributed by atoms with Crippen LogP contribution in [0.1, 0.15) is 5.56 Å². The molecule has 0 fully saturated rings. The maximum Gasteiger partial charge on any atom is 0.417 e. The third-order valence-electron chi connectivity index (χ3n) is 3.65. The summed E-state index contributed by atoms with van der Waals surface area (Å²) in [6.45, 7) is 0. The van der Waals surface area contributed by atoms with E-state index in [1.54, 1.807) is 30.3 Å². The first-order chi connectivity index (χ1) is 11.4. The Hall–Kier alpha value is -2.89. The second-order valence-corrected chi connectivity index (χ2v) is 5.14. The topological polar surface area (TPSA) is 45.4 Å². The van der Waals surface area contributed by atoms with Gasteiger partial charge in [-0.2, -0.15) is 13.2 Å². The van der Waals surface area contributed by atoms with Crippen LogP contribution in [0.4, 0.5) is 19.1 Å². The summed E-state index contributed by atoms with van der Waals surface area (Å²) in [5.41, 5.74) is -0.415. The van der Waals surface area contributed by atoms with Gasteiger partial charge in [0.25, 0.3) is 0 Å². The molecule has 0 aliphatic heterocycles. The molecule has 0 saturated heterocycles. The Morgan fingerprint density at radius 3 is 2.21 bits per heavy atom. The Kier molecular flexibility index (Phi) is 3.97. The molecule has 124 valence electrons. The van der Waals surface area contributed by atoms with Crippen LogP contribution in [0.25, 0.3) is 22.5 Å². The molecule has 3 nitrogen and oxygen atoms in total. The first kappa shape index (κ1) is 16.0. The molecule has 0 aliphatic carbocycles. The van der Waals surface area contributed by atoms with E-state index in [9.17, 15) is 18.3 Å². The number of halogens is 3. The zero-order valence-corrected chi connectivity index (χ0v) is 12.7. The molecule has 3 rings (SSSR count). The first-order valence-corrected chi connectivity index (χ1v) is 7.19. The number of benzene rings is 2.